The Morgan fingerprint density at radius 1 is 1.44 bits per heavy atom. The number of amides is 1. The summed E-state index contributed by atoms with van der Waals surface area (Å²) in [6.07, 6.45) is 4.14. The number of aromatic nitrogens is 1. The molecule has 0 aliphatic carbocycles. The fourth-order valence-corrected chi connectivity index (χ4v) is 1.74. The second-order valence-electron chi connectivity index (χ2n) is 3.87. The van der Waals surface area contributed by atoms with Crippen molar-refractivity contribution in [2.75, 3.05) is 0 Å². The van der Waals surface area contributed by atoms with Gasteiger partial charge >= 0.3 is 0 Å². The Labute approximate surface area is 94.8 Å². The van der Waals surface area contributed by atoms with Crippen molar-refractivity contribution >= 4 is 11.7 Å². The molecule has 2 heterocycles. The average molecular weight is 217 g/mol. The zero-order valence-corrected chi connectivity index (χ0v) is 9.31. The molecule has 1 aromatic heterocycles. The molecule has 0 spiro atoms. The van der Waals surface area contributed by atoms with Crippen LogP contribution in [0.15, 0.2) is 29.4 Å². The molecule has 2 rings (SSSR count). The van der Waals surface area contributed by atoms with Gasteiger partial charge in [-0.15, -0.1) is 0 Å². The molecule has 1 aromatic rings. The summed E-state index contributed by atoms with van der Waals surface area (Å²) >= 11 is 0. The number of nitrogens with one attached hydrogen (secondary N) is 1. The first-order valence-electron chi connectivity index (χ1n) is 5.57. The van der Waals surface area contributed by atoms with Crippen molar-refractivity contribution in [2.24, 2.45) is 4.99 Å². The lowest BCUT2D eigenvalue weighted by atomic mass is 10.2. The third kappa shape index (κ3) is 2.45. The van der Waals surface area contributed by atoms with Crippen LogP contribution in [0.5, 0.6) is 0 Å². The SMILES string of the molecule is CCCC1N=C(Cc2ccccn2)NC1=O. The second kappa shape index (κ2) is 4.88. The maximum absolute atomic E-state index is 11.5. The van der Waals surface area contributed by atoms with Gasteiger partial charge in [0.1, 0.15) is 11.9 Å². The normalized spacial score (nSPS) is 19.4. The summed E-state index contributed by atoms with van der Waals surface area (Å²) in [6.45, 7) is 2.06. The first-order chi connectivity index (χ1) is 7.79. The summed E-state index contributed by atoms with van der Waals surface area (Å²) in [4.78, 5) is 20.1. The zero-order valence-electron chi connectivity index (χ0n) is 9.31. The number of nitrogens with zero attached hydrogens (tertiary/aromatic N) is 2. The highest BCUT2D eigenvalue weighted by Gasteiger charge is 2.25. The molecule has 1 amide bonds. The molecule has 1 atom stereocenters. The van der Waals surface area contributed by atoms with Gasteiger partial charge in [-0.2, -0.15) is 0 Å². The summed E-state index contributed by atoms with van der Waals surface area (Å²) < 4.78 is 0. The smallest absolute Gasteiger partial charge is 0.250 e. The topological polar surface area (TPSA) is 54.4 Å². The van der Waals surface area contributed by atoms with Crippen molar-refractivity contribution in [3.05, 3.63) is 30.1 Å². The van der Waals surface area contributed by atoms with Crippen LogP contribution in [0.1, 0.15) is 25.5 Å². The van der Waals surface area contributed by atoms with E-state index in [0.29, 0.717) is 6.42 Å². The Bertz CT molecular complexity index is 400. The highest BCUT2D eigenvalue weighted by atomic mass is 16.2. The lowest BCUT2D eigenvalue weighted by molar-refractivity contribution is -0.120. The summed E-state index contributed by atoms with van der Waals surface area (Å²) in [7, 11) is 0. The summed E-state index contributed by atoms with van der Waals surface area (Å²) in [5.74, 6) is 0.759. The fourth-order valence-electron chi connectivity index (χ4n) is 1.74. The quantitative estimate of drug-likeness (QED) is 0.827. The largest absolute Gasteiger partial charge is 0.312 e. The third-order valence-corrected chi connectivity index (χ3v) is 2.52. The molecule has 0 saturated heterocycles. The summed E-state index contributed by atoms with van der Waals surface area (Å²) in [5, 5.41) is 2.81. The summed E-state index contributed by atoms with van der Waals surface area (Å²) in [5.41, 5.74) is 0.929. The Balaban J connectivity index is 2.02. The Kier molecular flexibility index (Phi) is 3.29. The molecule has 1 unspecified atom stereocenters. The molecule has 84 valence electrons. The number of amidine groups is 1. The van der Waals surface area contributed by atoms with Crippen molar-refractivity contribution in [3.8, 4) is 0 Å². The number of hydrogen-bond acceptors (Lipinski definition) is 3. The minimum Gasteiger partial charge on any atom is -0.312 e. The minimum atomic E-state index is -0.191. The third-order valence-electron chi connectivity index (χ3n) is 2.52. The van der Waals surface area contributed by atoms with Crippen molar-refractivity contribution in [2.45, 2.75) is 32.2 Å². The number of rotatable bonds is 4. The standard InChI is InChI=1S/C12H15N3O/c1-2-5-10-12(16)15-11(14-10)8-9-6-3-4-7-13-9/h3-4,6-7,10H,2,5,8H2,1H3,(H,14,15,16). The van der Waals surface area contributed by atoms with E-state index in [1.54, 1.807) is 6.20 Å². The number of carbonyl (C=O) groups excluding carboxylic acids is 1. The average Bonchev–Trinajstić information content (AvgIpc) is 2.61. The van der Waals surface area contributed by atoms with Gasteiger partial charge in [0.15, 0.2) is 0 Å². The Morgan fingerprint density at radius 3 is 3.00 bits per heavy atom. The molecule has 1 aliphatic rings. The number of aliphatic imine (C=N–C) groups is 1. The molecule has 0 bridgehead atoms. The van der Waals surface area contributed by atoms with E-state index in [-0.39, 0.29) is 11.9 Å². The molecule has 4 heteroatoms. The molecule has 0 fully saturated rings. The van der Waals surface area contributed by atoms with E-state index < -0.39 is 0 Å². The van der Waals surface area contributed by atoms with Crippen LogP contribution >= 0.6 is 0 Å². The highest BCUT2D eigenvalue weighted by molar-refractivity contribution is 6.06. The lowest BCUT2D eigenvalue weighted by Crippen LogP contribution is -2.29. The van der Waals surface area contributed by atoms with Crippen LogP contribution in [0.25, 0.3) is 0 Å². The van der Waals surface area contributed by atoms with Crippen molar-refractivity contribution in [1.29, 1.82) is 0 Å². The van der Waals surface area contributed by atoms with E-state index in [2.05, 4.69) is 22.2 Å². The minimum absolute atomic E-state index is 0.0211. The Hall–Kier alpha value is -1.71. The first kappa shape index (κ1) is 10.8. The summed E-state index contributed by atoms with van der Waals surface area (Å²) in [6, 6.07) is 5.55. The maximum Gasteiger partial charge on any atom is 0.250 e. The number of pyridine rings is 1. The van der Waals surface area contributed by atoms with Gasteiger partial charge in [0, 0.05) is 18.3 Å². The van der Waals surface area contributed by atoms with Gasteiger partial charge < -0.3 is 5.32 Å². The van der Waals surface area contributed by atoms with Gasteiger partial charge in [0.2, 0.25) is 5.91 Å². The molecule has 16 heavy (non-hydrogen) atoms. The highest BCUT2D eigenvalue weighted by Crippen LogP contribution is 2.09. The van der Waals surface area contributed by atoms with Crippen molar-refractivity contribution in [1.82, 2.24) is 10.3 Å². The van der Waals surface area contributed by atoms with Gasteiger partial charge in [-0.25, -0.2) is 0 Å². The predicted octanol–water partition coefficient (Wildman–Crippen LogP) is 1.32. The fraction of sp³-hybridized carbons (Fsp3) is 0.417. The zero-order chi connectivity index (χ0) is 11.4. The van der Waals surface area contributed by atoms with Crippen molar-refractivity contribution in [3.63, 3.8) is 0 Å². The lowest BCUT2D eigenvalue weighted by Gasteiger charge is -1.99. The maximum atomic E-state index is 11.5. The molecular formula is C12H15N3O. The number of carbonyl (C=O) groups is 1. The van der Waals surface area contributed by atoms with Crippen molar-refractivity contribution < 1.29 is 4.79 Å². The van der Waals surface area contributed by atoms with Crippen LogP contribution in [0.4, 0.5) is 0 Å². The van der Waals surface area contributed by atoms with Crippen LogP contribution in [-0.4, -0.2) is 22.8 Å². The van der Waals surface area contributed by atoms with E-state index in [4.69, 9.17) is 0 Å². The predicted molar refractivity (Wildman–Crippen MR) is 62.2 cm³/mol. The van der Waals surface area contributed by atoms with E-state index in [1.807, 2.05) is 18.2 Å². The molecule has 1 aliphatic heterocycles. The van der Waals surface area contributed by atoms with Gasteiger partial charge in [0.05, 0.1) is 0 Å². The molecular weight excluding hydrogens is 202 g/mol. The van der Waals surface area contributed by atoms with Crippen LogP contribution in [0.3, 0.4) is 0 Å². The number of hydrogen-bond donors (Lipinski definition) is 1. The van der Waals surface area contributed by atoms with E-state index >= 15 is 0 Å². The van der Waals surface area contributed by atoms with Gasteiger partial charge in [0.25, 0.3) is 0 Å². The van der Waals surface area contributed by atoms with Gasteiger partial charge in [-0.05, 0) is 18.6 Å². The monoisotopic (exact) mass is 217 g/mol. The molecule has 4 nitrogen and oxygen atoms in total. The Morgan fingerprint density at radius 2 is 2.31 bits per heavy atom. The van der Waals surface area contributed by atoms with E-state index in [9.17, 15) is 4.79 Å². The van der Waals surface area contributed by atoms with Crippen LogP contribution in [0.2, 0.25) is 0 Å². The van der Waals surface area contributed by atoms with Gasteiger partial charge in [-0.3, -0.25) is 14.8 Å². The molecule has 0 aromatic carbocycles. The van der Waals surface area contributed by atoms with Gasteiger partial charge in [-0.1, -0.05) is 19.4 Å². The van der Waals surface area contributed by atoms with Crippen LogP contribution in [-0.2, 0) is 11.2 Å². The molecule has 0 radical (unpaired) electrons. The van der Waals surface area contributed by atoms with Crippen LogP contribution < -0.4 is 5.32 Å². The van der Waals surface area contributed by atoms with E-state index in [0.717, 1.165) is 24.4 Å². The second-order valence-corrected chi connectivity index (χ2v) is 3.87. The molecule has 0 saturated carbocycles. The first-order valence-corrected chi connectivity index (χ1v) is 5.57. The molecule has 1 N–H and O–H groups in total. The van der Waals surface area contributed by atoms with E-state index in [1.165, 1.54) is 0 Å². The van der Waals surface area contributed by atoms with Crippen LogP contribution in [0, 0.1) is 0 Å².